The standard InChI is InChI=1S/C13H21NO/c1-4-15-13-7-5-12(6-8-13)9-10(2)11(3)14/h5-8,10-11H,4,9,14H2,1-3H3. The van der Waals surface area contributed by atoms with Gasteiger partial charge in [-0.1, -0.05) is 19.1 Å². The molecule has 1 aromatic carbocycles. The average molecular weight is 207 g/mol. The van der Waals surface area contributed by atoms with Gasteiger partial charge in [-0.2, -0.15) is 0 Å². The first kappa shape index (κ1) is 12.1. The Morgan fingerprint density at radius 1 is 1.20 bits per heavy atom. The predicted octanol–water partition coefficient (Wildman–Crippen LogP) is 2.61. The van der Waals surface area contributed by atoms with E-state index in [0.717, 1.165) is 18.8 Å². The molecule has 0 radical (unpaired) electrons. The Kier molecular flexibility index (Phi) is 4.63. The van der Waals surface area contributed by atoms with E-state index in [1.54, 1.807) is 0 Å². The van der Waals surface area contributed by atoms with E-state index in [1.165, 1.54) is 5.56 Å². The molecule has 0 spiro atoms. The number of ether oxygens (including phenoxy) is 1. The van der Waals surface area contributed by atoms with Crippen molar-refractivity contribution in [3.8, 4) is 5.75 Å². The van der Waals surface area contributed by atoms with Gasteiger partial charge >= 0.3 is 0 Å². The minimum Gasteiger partial charge on any atom is -0.494 e. The van der Waals surface area contributed by atoms with Crippen molar-refractivity contribution in [1.29, 1.82) is 0 Å². The van der Waals surface area contributed by atoms with E-state index < -0.39 is 0 Å². The summed E-state index contributed by atoms with van der Waals surface area (Å²) in [5.74, 6) is 1.46. The minimum atomic E-state index is 0.247. The van der Waals surface area contributed by atoms with Crippen molar-refractivity contribution >= 4 is 0 Å². The lowest BCUT2D eigenvalue weighted by Crippen LogP contribution is -2.25. The van der Waals surface area contributed by atoms with Crippen LogP contribution in [0.2, 0.25) is 0 Å². The molecule has 0 aliphatic carbocycles. The van der Waals surface area contributed by atoms with Crippen LogP contribution in [0.4, 0.5) is 0 Å². The lowest BCUT2D eigenvalue weighted by atomic mass is 9.96. The van der Waals surface area contributed by atoms with Crippen molar-refractivity contribution in [3.05, 3.63) is 29.8 Å². The zero-order valence-electron chi connectivity index (χ0n) is 9.86. The van der Waals surface area contributed by atoms with Gasteiger partial charge in [-0.05, 0) is 43.9 Å². The fraction of sp³-hybridized carbons (Fsp3) is 0.538. The molecule has 84 valence electrons. The predicted molar refractivity (Wildman–Crippen MR) is 64.1 cm³/mol. The molecule has 0 fully saturated rings. The van der Waals surface area contributed by atoms with Crippen LogP contribution in [0.25, 0.3) is 0 Å². The quantitative estimate of drug-likeness (QED) is 0.805. The van der Waals surface area contributed by atoms with Crippen molar-refractivity contribution < 1.29 is 4.74 Å². The first-order chi connectivity index (χ1) is 7.13. The molecule has 0 aromatic heterocycles. The summed E-state index contributed by atoms with van der Waals surface area (Å²) in [6.07, 6.45) is 1.03. The second-order valence-corrected chi connectivity index (χ2v) is 4.12. The second-order valence-electron chi connectivity index (χ2n) is 4.12. The Balaban J connectivity index is 2.56. The average Bonchev–Trinajstić information content (AvgIpc) is 2.21. The maximum atomic E-state index is 5.84. The Morgan fingerprint density at radius 3 is 2.27 bits per heavy atom. The molecule has 0 aliphatic rings. The SMILES string of the molecule is CCOc1ccc(CC(C)C(C)N)cc1. The fourth-order valence-corrected chi connectivity index (χ4v) is 1.45. The highest BCUT2D eigenvalue weighted by Crippen LogP contribution is 2.15. The summed E-state index contributed by atoms with van der Waals surface area (Å²) >= 11 is 0. The molecule has 1 rings (SSSR count). The lowest BCUT2D eigenvalue weighted by Gasteiger charge is -2.15. The first-order valence-electron chi connectivity index (χ1n) is 5.60. The van der Waals surface area contributed by atoms with Crippen LogP contribution in [0.1, 0.15) is 26.3 Å². The van der Waals surface area contributed by atoms with E-state index in [2.05, 4.69) is 26.0 Å². The molecule has 2 nitrogen and oxygen atoms in total. The second kappa shape index (κ2) is 5.76. The monoisotopic (exact) mass is 207 g/mol. The van der Waals surface area contributed by atoms with E-state index in [0.29, 0.717) is 5.92 Å². The molecule has 0 amide bonds. The van der Waals surface area contributed by atoms with Crippen LogP contribution in [0.5, 0.6) is 5.75 Å². The number of hydrogen-bond donors (Lipinski definition) is 1. The highest BCUT2D eigenvalue weighted by Gasteiger charge is 2.08. The van der Waals surface area contributed by atoms with Gasteiger partial charge in [-0.15, -0.1) is 0 Å². The molecule has 0 saturated heterocycles. The normalized spacial score (nSPS) is 14.7. The Hall–Kier alpha value is -1.02. The number of rotatable bonds is 5. The number of benzene rings is 1. The molecule has 1 aromatic rings. The van der Waals surface area contributed by atoms with Crippen LogP contribution < -0.4 is 10.5 Å². The molecule has 0 bridgehead atoms. The summed E-state index contributed by atoms with van der Waals surface area (Å²) in [5, 5.41) is 0. The summed E-state index contributed by atoms with van der Waals surface area (Å²) < 4.78 is 5.39. The van der Waals surface area contributed by atoms with Gasteiger partial charge in [0.25, 0.3) is 0 Å². The largest absolute Gasteiger partial charge is 0.494 e. The van der Waals surface area contributed by atoms with E-state index >= 15 is 0 Å². The molecule has 0 heterocycles. The highest BCUT2D eigenvalue weighted by atomic mass is 16.5. The van der Waals surface area contributed by atoms with Crippen LogP contribution in [0.3, 0.4) is 0 Å². The number of nitrogens with two attached hydrogens (primary N) is 1. The van der Waals surface area contributed by atoms with Crippen molar-refractivity contribution in [2.45, 2.75) is 33.2 Å². The fourth-order valence-electron chi connectivity index (χ4n) is 1.45. The minimum absolute atomic E-state index is 0.247. The van der Waals surface area contributed by atoms with Crippen molar-refractivity contribution in [2.24, 2.45) is 11.7 Å². The van der Waals surface area contributed by atoms with Crippen molar-refractivity contribution in [3.63, 3.8) is 0 Å². The lowest BCUT2D eigenvalue weighted by molar-refractivity contribution is 0.340. The van der Waals surface area contributed by atoms with Gasteiger partial charge in [0.05, 0.1) is 6.61 Å². The van der Waals surface area contributed by atoms with Crippen LogP contribution >= 0.6 is 0 Å². The summed E-state index contributed by atoms with van der Waals surface area (Å²) in [6, 6.07) is 8.52. The Bertz CT molecular complexity index is 279. The Labute approximate surface area is 92.4 Å². The van der Waals surface area contributed by atoms with E-state index in [4.69, 9.17) is 10.5 Å². The van der Waals surface area contributed by atoms with Gasteiger partial charge in [0.1, 0.15) is 5.75 Å². The van der Waals surface area contributed by atoms with Gasteiger partial charge in [-0.3, -0.25) is 0 Å². The van der Waals surface area contributed by atoms with Gasteiger partial charge in [0.15, 0.2) is 0 Å². The summed E-state index contributed by atoms with van der Waals surface area (Å²) in [7, 11) is 0. The molecule has 0 aliphatic heterocycles. The smallest absolute Gasteiger partial charge is 0.119 e. The molecule has 2 heteroatoms. The van der Waals surface area contributed by atoms with Gasteiger partial charge in [0.2, 0.25) is 0 Å². The van der Waals surface area contributed by atoms with Crippen molar-refractivity contribution in [2.75, 3.05) is 6.61 Å². The molecular weight excluding hydrogens is 186 g/mol. The third kappa shape index (κ3) is 3.92. The van der Waals surface area contributed by atoms with Gasteiger partial charge in [0, 0.05) is 6.04 Å². The van der Waals surface area contributed by atoms with E-state index in [9.17, 15) is 0 Å². The summed E-state index contributed by atoms with van der Waals surface area (Å²) in [6.45, 7) is 6.95. The van der Waals surface area contributed by atoms with Crippen LogP contribution in [-0.2, 0) is 6.42 Å². The van der Waals surface area contributed by atoms with Gasteiger partial charge < -0.3 is 10.5 Å². The molecule has 0 saturated carbocycles. The Morgan fingerprint density at radius 2 is 1.80 bits per heavy atom. The molecule has 15 heavy (non-hydrogen) atoms. The third-order valence-electron chi connectivity index (χ3n) is 2.69. The molecule has 2 N–H and O–H groups in total. The first-order valence-corrected chi connectivity index (χ1v) is 5.60. The molecular formula is C13H21NO. The highest BCUT2D eigenvalue weighted by molar-refractivity contribution is 5.27. The van der Waals surface area contributed by atoms with E-state index in [1.807, 2.05) is 19.1 Å². The van der Waals surface area contributed by atoms with Crippen LogP contribution in [-0.4, -0.2) is 12.6 Å². The maximum Gasteiger partial charge on any atom is 0.119 e. The van der Waals surface area contributed by atoms with Crippen molar-refractivity contribution in [1.82, 2.24) is 0 Å². The van der Waals surface area contributed by atoms with Gasteiger partial charge in [-0.25, -0.2) is 0 Å². The molecule has 2 atom stereocenters. The van der Waals surface area contributed by atoms with Crippen LogP contribution in [0.15, 0.2) is 24.3 Å². The zero-order chi connectivity index (χ0) is 11.3. The maximum absolute atomic E-state index is 5.84. The third-order valence-corrected chi connectivity index (χ3v) is 2.69. The summed E-state index contributed by atoms with van der Waals surface area (Å²) in [5.41, 5.74) is 7.16. The summed E-state index contributed by atoms with van der Waals surface area (Å²) in [4.78, 5) is 0. The van der Waals surface area contributed by atoms with E-state index in [-0.39, 0.29) is 6.04 Å². The number of hydrogen-bond acceptors (Lipinski definition) is 2. The van der Waals surface area contributed by atoms with Crippen LogP contribution in [0, 0.1) is 5.92 Å². The zero-order valence-corrected chi connectivity index (χ0v) is 9.86. The topological polar surface area (TPSA) is 35.2 Å². The molecule has 2 unspecified atom stereocenters.